The number of benzene rings is 4. The number of piperidine rings is 2. The van der Waals surface area contributed by atoms with Gasteiger partial charge in [-0.2, -0.15) is 0 Å². The molecule has 0 aliphatic carbocycles. The lowest BCUT2D eigenvalue weighted by Gasteiger charge is -2.59. The molecule has 3 nitrogen and oxygen atoms in total. The summed E-state index contributed by atoms with van der Waals surface area (Å²) in [5.74, 6) is 0.371. The molecule has 4 aromatic carbocycles. The first-order valence-electron chi connectivity index (χ1n) is 13.8. The van der Waals surface area contributed by atoms with Gasteiger partial charge in [0.05, 0.1) is 10.8 Å². The van der Waals surface area contributed by atoms with Crippen LogP contribution in [0.5, 0.6) is 0 Å². The lowest BCUT2D eigenvalue weighted by Crippen LogP contribution is -2.73. The van der Waals surface area contributed by atoms with Crippen LogP contribution in [0.3, 0.4) is 0 Å². The monoisotopic (exact) mass is 500 g/mol. The molecule has 0 amide bonds. The summed E-state index contributed by atoms with van der Waals surface area (Å²) in [5, 5.41) is 0. The van der Waals surface area contributed by atoms with Crippen molar-refractivity contribution >= 4 is 5.78 Å². The summed E-state index contributed by atoms with van der Waals surface area (Å²) >= 11 is 0. The fraction of sp³-hybridized carbons (Fsp3) is 0.286. The van der Waals surface area contributed by atoms with Crippen molar-refractivity contribution in [2.75, 3.05) is 26.2 Å². The molecule has 3 heteroatoms. The van der Waals surface area contributed by atoms with Gasteiger partial charge in [-0.25, -0.2) is 0 Å². The summed E-state index contributed by atoms with van der Waals surface area (Å²) in [6.07, 6.45) is 0. The third-order valence-electron chi connectivity index (χ3n) is 9.07. The molecule has 0 radical (unpaired) electrons. The zero-order chi connectivity index (χ0) is 26.2. The predicted molar refractivity (Wildman–Crippen MR) is 154 cm³/mol. The summed E-state index contributed by atoms with van der Waals surface area (Å²) in [4.78, 5) is 20.1. The predicted octanol–water partition coefficient (Wildman–Crippen LogP) is 6.59. The molecular formula is C35H36N2O. The molecule has 2 aliphatic rings. The van der Waals surface area contributed by atoms with Crippen LogP contribution < -0.4 is 0 Å². The number of likely N-dealkylation sites (tertiary alicyclic amines) is 2. The van der Waals surface area contributed by atoms with Gasteiger partial charge in [-0.05, 0) is 36.1 Å². The van der Waals surface area contributed by atoms with Gasteiger partial charge in [0.2, 0.25) is 0 Å². The standard InChI is InChI=1S/C35H36N2O/c1-27(29-15-7-3-8-16-29)36-23-34(31-19-11-5-12-20-31)25-37(28(2)30-17-9-4-10-18-30)26-35(24-36,33(34)38)32-21-13-6-14-22-32/h3-22,27-28H,23-26H2,1-2H3. The Kier molecular flexibility index (Phi) is 6.51. The lowest BCUT2D eigenvalue weighted by molar-refractivity contribution is -0.147. The van der Waals surface area contributed by atoms with E-state index in [4.69, 9.17) is 0 Å². The molecule has 2 atom stereocenters. The first-order valence-corrected chi connectivity index (χ1v) is 13.8. The SMILES string of the molecule is CC(c1ccccc1)N1CC2(c3ccccc3)CN(C(C)c3ccccc3)CC(c3ccccc3)(C1)C2=O. The van der Waals surface area contributed by atoms with Crippen molar-refractivity contribution in [3.63, 3.8) is 0 Å². The Bertz CT molecular complexity index is 1250. The minimum absolute atomic E-state index is 0.202. The normalized spacial score (nSPS) is 25.6. The zero-order valence-corrected chi connectivity index (χ0v) is 22.3. The molecule has 2 bridgehead atoms. The number of carbonyl (C=O) groups is 1. The Labute approximate surface area is 226 Å². The third kappa shape index (κ3) is 4.11. The van der Waals surface area contributed by atoms with Gasteiger partial charge >= 0.3 is 0 Å². The van der Waals surface area contributed by atoms with Crippen molar-refractivity contribution in [2.45, 2.75) is 36.8 Å². The van der Waals surface area contributed by atoms with Gasteiger partial charge in [0.15, 0.2) is 5.78 Å². The summed E-state index contributed by atoms with van der Waals surface area (Å²) < 4.78 is 0. The Morgan fingerprint density at radius 1 is 0.500 bits per heavy atom. The molecular weight excluding hydrogens is 464 g/mol. The minimum Gasteiger partial charge on any atom is -0.297 e. The van der Waals surface area contributed by atoms with E-state index in [1.54, 1.807) is 0 Å². The highest BCUT2D eigenvalue weighted by atomic mass is 16.1. The average Bonchev–Trinajstić information content (AvgIpc) is 2.98. The van der Waals surface area contributed by atoms with Crippen molar-refractivity contribution < 1.29 is 4.79 Å². The van der Waals surface area contributed by atoms with Crippen molar-refractivity contribution in [1.29, 1.82) is 0 Å². The number of hydrogen-bond acceptors (Lipinski definition) is 3. The topological polar surface area (TPSA) is 23.6 Å². The van der Waals surface area contributed by atoms with Crippen LogP contribution in [0, 0.1) is 0 Å². The average molecular weight is 501 g/mol. The molecule has 0 spiro atoms. The van der Waals surface area contributed by atoms with E-state index >= 15 is 4.79 Å². The second-order valence-electron chi connectivity index (χ2n) is 11.2. The van der Waals surface area contributed by atoms with Crippen LogP contribution in [0.1, 0.15) is 48.2 Å². The van der Waals surface area contributed by atoms with E-state index < -0.39 is 10.8 Å². The second-order valence-corrected chi connectivity index (χ2v) is 11.2. The van der Waals surface area contributed by atoms with Gasteiger partial charge < -0.3 is 0 Å². The molecule has 4 aromatic rings. The van der Waals surface area contributed by atoms with Crippen molar-refractivity contribution in [2.24, 2.45) is 0 Å². The molecule has 0 aromatic heterocycles. The number of fused-ring (bicyclic) bond motifs is 2. The molecule has 2 saturated heterocycles. The second kappa shape index (κ2) is 9.98. The summed E-state index contributed by atoms with van der Waals surface area (Å²) in [5.41, 5.74) is 3.58. The molecule has 38 heavy (non-hydrogen) atoms. The first-order chi connectivity index (χ1) is 18.5. The van der Waals surface area contributed by atoms with E-state index in [1.165, 1.54) is 11.1 Å². The maximum Gasteiger partial charge on any atom is 0.159 e. The van der Waals surface area contributed by atoms with E-state index in [1.807, 2.05) is 0 Å². The molecule has 192 valence electrons. The molecule has 2 heterocycles. The third-order valence-corrected chi connectivity index (χ3v) is 9.07. The van der Waals surface area contributed by atoms with Gasteiger partial charge in [-0.1, -0.05) is 121 Å². The van der Waals surface area contributed by atoms with Crippen LogP contribution >= 0.6 is 0 Å². The van der Waals surface area contributed by atoms with Gasteiger partial charge in [-0.3, -0.25) is 14.6 Å². The molecule has 2 fully saturated rings. The Morgan fingerprint density at radius 3 is 1.11 bits per heavy atom. The maximum atomic E-state index is 15.0. The van der Waals surface area contributed by atoms with Gasteiger partial charge in [0, 0.05) is 38.3 Å². The van der Waals surface area contributed by atoms with E-state index in [0.717, 1.165) is 11.1 Å². The quantitative estimate of drug-likeness (QED) is 0.299. The number of carbonyl (C=O) groups excluding carboxylic acids is 1. The van der Waals surface area contributed by atoms with Crippen LogP contribution in [-0.4, -0.2) is 41.8 Å². The van der Waals surface area contributed by atoms with E-state index in [0.29, 0.717) is 32.0 Å². The number of rotatable bonds is 6. The lowest BCUT2D eigenvalue weighted by atomic mass is 9.57. The van der Waals surface area contributed by atoms with Crippen LogP contribution in [0.2, 0.25) is 0 Å². The molecule has 2 aliphatic heterocycles. The number of ketones is 1. The van der Waals surface area contributed by atoms with Gasteiger partial charge in [-0.15, -0.1) is 0 Å². The number of Topliss-reactive ketones (excluding diaryl/α,β-unsaturated/α-hetero) is 1. The Morgan fingerprint density at radius 2 is 0.789 bits per heavy atom. The maximum absolute atomic E-state index is 15.0. The van der Waals surface area contributed by atoms with Crippen LogP contribution in [-0.2, 0) is 15.6 Å². The van der Waals surface area contributed by atoms with Gasteiger partial charge in [0.1, 0.15) is 0 Å². The largest absolute Gasteiger partial charge is 0.297 e. The van der Waals surface area contributed by atoms with E-state index in [2.05, 4.69) is 145 Å². The van der Waals surface area contributed by atoms with Crippen LogP contribution in [0.25, 0.3) is 0 Å². The Balaban J connectivity index is 1.52. The minimum atomic E-state index is -0.625. The smallest absolute Gasteiger partial charge is 0.159 e. The van der Waals surface area contributed by atoms with Crippen molar-refractivity contribution in [1.82, 2.24) is 9.80 Å². The molecule has 2 unspecified atom stereocenters. The van der Waals surface area contributed by atoms with Gasteiger partial charge in [0.25, 0.3) is 0 Å². The van der Waals surface area contributed by atoms with Crippen molar-refractivity contribution in [3.05, 3.63) is 144 Å². The van der Waals surface area contributed by atoms with Crippen LogP contribution in [0.4, 0.5) is 0 Å². The highest BCUT2D eigenvalue weighted by Gasteiger charge is 2.62. The summed E-state index contributed by atoms with van der Waals surface area (Å²) in [7, 11) is 0. The summed E-state index contributed by atoms with van der Waals surface area (Å²) in [6, 6.07) is 43.0. The number of hydrogen-bond donors (Lipinski definition) is 0. The fourth-order valence-corrected chi connectivity index (χ4v) is 6.92. The van der Waals surface area contributed by atoms with Crippen molar-refractivity contribution in [3.8, 4) is 0 Å². The first kappa shape index (κ1) is 24.8. The highest BCUT2D eigenvalue weighted by molar-refractivity contribution is 6.01. The van der Waals surface area contributed by atoms with Crippen LogP contribution in [0.15, 0.2) is 121 Å². The molecule has 0 N–H and O–H groups in total. The molecule has 0 saturated carbocycles. The van der Waals surface area contributed by atoms with E-state index in [-0.39, 0.29) is 12.1 Å². The molecule has 6 rings (SSSR count). The Hall–Kier alpha value is -3.53. The zero-order valence-electron chi connectivity index (χ0n) is 22.3. The number of nitrogens with zero attached hydrogens (tertiary/aromatic N) is 2. The highest BCUT2D eigenvalue weighted by Crippen LogP contribution is 2.49. The van der Waals surface area contributed by atoms with E-state index in [9.17, 15) is 0 Å². The fourth-order valence-electron chi connectivity index (χ4n) is 6.92. The summed E-state index contributed by atoms with van der Waals surface area (Å²) in [6.45, 7) is 7.42.